The van der Waals surface area contributed by atoms with Crippen molar-refractivity contribution in [2.45, 2.75) is 40.7 Å². The summed E-state index contributed by atoms with van der Waals surface area (Å²) in [7, 11) is 0. The second kappa shape index (κ2) is 6.59. The standard InChI is InChI=1S/C14H24N2O2/c1-9(2)7-16-14(17)8-15-11(4)13-6-10(3)18-12(13)5/h6,9,11,15H,7-8H2,1-5H3,(H,16,17). The van der Waals surface area contributed by atoms with Crippen LogP contribution < -0.4 is 10.6 Å². The van der Waals surface area contributed by atoms with E-state index in [2.05, 4.69) is 24.5 Å². The van der Waals surface area contributed by atoms with Gasteiger partial charge >= 0.3 is 0 Å². The first-order valence-corrected chi connectivity index (χ1v) is 6.47. The molecule has 0 aliphatic heterocycles. The SMILES string of the molecule is Cc1cc(C(C)NCC(=O)NCC(C)C)c(C)o1. The number of carbonyl (C=O) groups is 1. The Hall–Kier alpha value is -1.29. The molecule has 0 fully saturated rings. The first-order valence-electron chi connectivity index (χ1n) is 6.47. The van der Waals surface area contributed by atoms with Gasteiger partial charge in [0.1, 0.15) is 11.5 Å². The molecule has 4 nitrogen and oxygen atoms in total. The van der Waals surface area contributed by atoms with Crippen LogP contribution in [0.25, 0.3) is 0 Å². The number of hydrogen-bond acceptors (Lipinski definition) is 3. The van der Waals surface area contributed by atoms with E-state index in [1.165, 1.54) is 0 Å². The summed E-state index contributed by atoms with van der Waals surface area (Å²) < 4.78 is 5.48. The smallest absolute Gasteiger partial charge is 0.233 e. The average molecular weight is 252 g/mol. The third-order valence-corrected chi connectivity index (χ3v) is 2.82. The normalized spacial score (nSPS) is 12.8. The van der Waals surface area contributed by atoms with Gasteiger partial charge in [-0.3, -0.25) is 4.79 Å². The lowest BCUT2D eigenvalue weighted by molar-refractivity contribution is -0.120. The lowest BCUT2D eigenvalue weighted by Crippen LogP contribution is -2.36. The van der Waals surface area contributed by atoms with Gasteiger partial charge in [-0.05, 0) is 32.8 Å². The van der Waals surface area contributed by atoms with E-state index in [1.54, 1.807) is 0 Å². The summed E-state index contributed by atoms with van der Waals surface area (Å²) in [6, 6.07) is 2.13. The van der Waals surface area contributed by atoms with Crippen molar-refractivity contribution in [3.63, 3.8) is 0 Å². The van der Waals surface area contributed by atoms with E-state index in [-0.39, 0.29) is 11.9 Å². The van der Waals surface area contributed by atoms with Crippen molar-refractivity contribution in [3.8, 4) is 0 Å². The lowest BCUT2D eigenvalue weighted by atomic mass is 10.1. The van der Waals surface area contributed by atoms with Gasteiger partial charge in [-0.15, -0.1) is 0 Å². The minimum atomic E-state index is 0.0356. The molecule has 0 spiro atoms. The molecular formula is C14H24N2O2. The highest BCUT2D eigenvalue weighted by Crippen LogP contribution is 2.20. The fourth-order valence-corrected chi connectivity index (χ4v) is 1.82. The van der Waals surface area contributed by atoms with Crippen LogP contribution in [0.3, 0.4) is 0 Å². The van der Waals surface area contributed by atoms with Crippen molar-refractivity contribution in [3.05, 3.63) is 23.2 Å². The Bertz CT molecular complexity index is 396. The molecule has 0 aliphatic carbocycles. The van der Waals surface area contributed by atoms with E-state index in [0.29, 0.717) is 12.5 Å². The molecule has 1 unspecified atom stereocenters. The van der Waals surface area contributed by atoms with Crippen LogP contribution in [-0.4, -0.2) is 19.0 Å². The number of amides is 1. The zero-order valence-corrected chi connectivity index (χ0v) is 12.0. The fourth-order valence-electron chi connectivity index (χ4n) is 1.82. The van der Waals surface area contributed by atoms with Crippen LogP contribution in [0.1, 0.15) is 43.9 Å². The largest absolute Gasteiger partial charge is 0.466 e. The first-order chi connectivity index (χ1) is 8.40. The van der Waals surface area contributed by atoms with E-state index in [4.69, 9.17) is 4.42 Å². The van der Waals surface area contributed by atoms with Crippen LogP contribution in [0, 0.1) is 19.8 Å². The van der Waals surface area contributed by atoms with Crippen LogP contribution in [0.4, 0.5) is 0 Å². The van der Waals surface area contributed by atoms with Gasteiger partial charge in [-0.25, -0.2) is 0 Å². The zero-order chi connectivity index (χ0) is 13.7. The average Bonchev–Trinajstić information content (AvgIpc) is 2.62. The summed E-state index contributed by atoms with van der Waals surface area (Å²) in [4.78, 5) is 11.6. The maximum atomic E-state index is 11.6. The summed E-state index contributed by atoms with van der Waals surface area (Å²) >= 11 is 0. The highest BCUT2D eigenvalue weighted by Gasteiger charge is 2.13. The highest BCUT2D eigenvalue weighted by atomic mass is 16.3. The van der Waals surface area contributed by atoms with Crippen LogP contribution >= 0.6 is 0 Å². The van der Waals surface area contributed by atoms with E-state index >= 15 is 0 Å². The van der Waals surface area contributed by atoms with Crippen LogP contribution in [0.15, 0.2) is 10.5 Å². The third kappa shape index (κ3) is 4.53. The molecule has 0 aromatic carbocycles. The second-order valence-corrected chi connectivity index (χ2v) is 5.17. The van der Waals surface area contributed by atoms with Crippen molar-refractivity contribution in [2.24, 2.45) is 5.92 Å². The minimum absolute atomic E-state index is 0.0356. The molecule has 0 radical (unpaired) electrons. The topological polar surface area (TPSA) is 54.3 Å². The molecule has 1 heterocycles. The summed E-state index contributed by atoms with van der Waals surface area (Å²) in [5, 5.41) is 6.09. The summed E-state index contributed by atoms with van der Waals surface area (Å²) in [5.74, 6) is 2.33. The van der Waals surface area contributed by atoms with Gasteiger partial charge in [0, 0.05) is 18.2 Å². The van der Waals surface area contributed by atoms with E-state index in [9.17, 15) is 4.79 Å². The van der Waals surface area contributed by atoms with Crippen LogP contribution in [-0.2, 0) is 4.79 Å². The number of furan rings is 1. The van der Waals surface area contributed by atoms with Gasteiger partial charge in [0.2, 0.25) is 5.91 Å². The molecule has 1 aromatic rings. The van der Waals surface area contributed by atoms with E-state index in [0.717, 1.165) is 23.6 Å². The molecular weight excluding hydrogens is 228 g/mol. The molecule has 18 heavy (non-hydrogen) atoms. The van der Waals surface area contributed by atoms with Crippen LogP contribution in [0.2, 0.25) is 0 Å². The predicted molar refractivity (Wildman–Crippen MR) is 72.4 cm³/mol. The summed E-state index contributed by atoms with van der Waals surface area (Å²) in [6.07, 6.45) is 0. The number of hydrogen-bond donors (Lipinski definition) is 2. The number of nitrogens with one attached hydrogen (secondary N) is 2. The first kappa shape index (κ1) is 14.8. The highest BCUT2D eigenvalue weighted by molar-refractivity contribution is 5.78. The van der Waals surface area contributed by atoms with Gasteiger partial charge in [0.15, 0.2) is 0 Å². The van der Waals surface area contributed by atoms with Gasteiger partial charge < -0.3 is 15.1 Å². The Morgan fingerprint density at radius 3 is 2.50 bits per heavy atom. The van der Waals surface area contributed by atoms with E-state index in [1.807, 2.05) is 26.8 Å². The Kier molecular flexibility index (Phi) is 5.41. The van der Waals surface area contributed by atoms with Crippen molar-refractivity contribution in [1.82, 2.24) is 10.6 Å². The van der Waals surface area contributed by atoms with Gasteiger partial charge in [-0.1, -0.05) is 13.8 Å². The number of rotatable bonds is 6. The molecule has 1 aromatic heterocycles. The molecule has 4 heteroatoms. The van der Waals surface area contributed by atoms with Gasteiger partial charge in [0.25, 0.3) is 0 Å². The Morgan fingerprint density at radius 2 is 2.00 bits per heavy atom. The van der Waals surface area contributed by atoms with E-state index < -0.39 is 0 Å². The summed E-state index contributed by atoms with van der Waals surface area (Å²) in [6.45, 7) is 11.1. The lowest BCUT2D eigenvalue weighted by Gasteiger charge is -2.13. The molecule has 1 atom stereocenters. The van der Waals surface area contributed by atoms with Crippen LogP contribution in [0.5, 0.6) is 0 Å². The third-order valence-electron chi connectivity index (χ3n) is 2.82. The molecule has 0 bridgehead atoms. The van der Waals surface area contributed by atoms with Crippen molar-refractivity contribution >= 4 is 5.91 Å². The summed E-state index contributed by atoms with van der Waals surface area (Å²) in [5.41, 5.74) is 1.11. The predicted octanol–water partition coefficient (Wildman–Crippen LogP) is 2.32. The molecule has 2 N–H and O–H groups in total. The molecule has 1 amide bonds. The molecule has 1 rings (SSSR count). The second-order valence-electron chi connectivity index (χ2n) is 5.17. The Morgan fingerprint density at radius 1 is 1.33 bits per heavy atom. The fraction of sp³-hybridized carbons (Fsp3) is 0.643. The monoisotopic (exact) mass is 252 g/mol. The van der Waals surface area contributed by atoms with Crippen molar-refractivity contribution in [2.75, 3.05) is 13.1 Å². The quantitative estimate of drug-likeness (QED) is 0.817. The van der Waals surface area contributed by atoms with Crippen molar-refractivity contribution < 1.29 is 9.21 Å². The molecule has 102 valence electrons. The zero-order valence-electron chi connectivity index (χ0n) is 12.0. The molecule has 0 saturated heterocycles. The Balaban J connectivity index is 2.39. The van der Waals surface area contributed by atoms with Gasteiger partial charge in [0.05, 0.1) is 6.54 Å². The minimum Gasteiger partial charge on any atom is -0.466 e. The molecule has 0 saturated carbocycles. The van der Waals surface area contributed by atoms with Gasteiger partial charge in [-0.2, -0.15) is 0 Å². The maximum absolute atomic E-state index is 11.6. The number of aryl methyl sites for hydroxylation is 2. The Labute approximate surface area is 109 Å². The van der Waals surface area contributed by atoms with Crippen molar-refractivity contribution in [1.29, 1.82) is 0 Å². The maximum Gasteiger partial charge on any atom is 0.233 e. The number of carbonyl (C=O) groups excluding carboxylic acids is 1. The molecule has 0 aliphatic rings.